The minimum absolute atomic E-state index is 1.15. The van der Waals surface area contributed by atoms with Crippen molar-refractivity contribution < 1.29 is 4.57 Å². The molecule has 0 N–H and O–H groups in total. The topological polar surface area (TPSA) is 27.7 Å². The highest BCUT2D eigenvalue weighted by atomic mass is 14.9. The van der Waals surface area contributed by atoms with Crippen LogP contribution in [0.15, 0.2) is 24.4 Å². The van der Waals surface area contributed by atoms with Crippen LogP contribution in [0, 0.1) is 11.8 Å². The maximum Gasteiger partial charge on any atom is 0.181 e. The second-order valence-corrected chi connectivity index (χ2v) is 3.14. The van der Waals surface area contributed by atoms with Crippen LogP contribution in [-0.2, 0) is 13.0 Å². The van der Waals surface area contributed by atoms with E-state index >= 15 is 0 Å². The van der Waals surface area contributed by atoms with E-state index in [9.17, 15) is 0 Å². The molecule has 0 saturated heterocycles. The number of hydrogen-bond donors (Lipinski definition) is 0. The molecular weight excluding hydrogens is 172 g/mol. The average molecular weight is 190 g/mol. The molecule has 0 radical (unpaired) electrons. The van der Waals surface area contributed by atoms with Crippen LogP contribution >= 0.6 is 0 Å². The Morgan fingerprint density at radius 3 is 2.50 bits per heavy atom. The fourth-order valence-electron chi connectivity index (χ4n) is 1.45. The van der Waals surface area contributed by atoms with Crippen LogP contribution in [0.5, 0.6) is 0 Å². The Hall–Kier alpha value is -1.36. The molecule has 0 fully saturated rings. The average Bonchev–Trinajstić information content (AvgIpc) is 2.25. The largest absolute Gasteiger partial charge is 0.512 e. The number of rotatable bonds is 4. The molecule has 0 bridgehead atoms. The Labute approximate surface area is 86.8 Å². The second-order valence-electron chi connectivity index (χ2n) is 3.14. The van der Waals surface area contributed by atoms with Crippen LogP contribution in [0.25, 0.3) is 0 Å². The van der Waals surface area contributed by atoms with E-state index in [4.69, 9.17) is 11.8 Å². The van der Waals surface area contributed by atoms with Gasteiger partial charge in [0.2, 0.25) is 0 Å². The van der Waals surface area contributed by atoms with Gasteiger partial charge >= 0.3 is 0 Å². The lowest BCUT2D eigenvalue weighted by Gasteiger charge is -2.00. The summed E-state index contributed by atoms with van der Waals surface area (Å²) < 4.78 is 2.35. The minimum atomic E-state index is 1.15. The lowest BCUT2D eigenvalue weighted by atomic mass is 10.2. The maximum absolute atomic E-state index is 6.25. The monoisotopic (exact) mass is 190 g/mol. The number of aromatic nitrogens is 1. The first-order valence-electron chi connectivity index (χ1n) is 5.08. The summed E-state index contributed by atoms with van der Waals surface area (Å²) >= 11 is 0. The van der Waals surface area contributed by atoms with Gasteiger partial charge in [-0.25, -0.2) is 4.57 Å². The molecule has 1 heterocycles. The molecule has 0 amide bonds. The van der Waals surface area contributed by atoms with Crippen molar-refractivity contribution in [1.29, 1.82) is 5.26 Å². The van der Waals surface area contributed by atoms with Gasteiger partial charge in [0.05, 0.1) is 0 Å². The molecule has 0 aromatic carbocycles. The quantitative estimate of drug-likeness (QED) is 0.529. The molecule has 0 saturated carbocycles. The Morgan fingerprint density at radius 1 is 1.21 bits per heavy atom. The smallest absolute Gasteiger partial charge is 0.181 e. The minimum Gasteiger partial charge on any atom is -0.512 e. The molecule has 2 nitrogen and oxygen atoms in total. The molecule has 2 heteroatoms. The van der Waals surface area contributed by atoms with Gasteiger partial charge in [-0.05, 0) is 6.42 Å². The van der Waals surface area contributed by atoms with E-state index in [1.807, 2.05) is 0 Å². The standard InChI is InChI=1S/C11H18N.CN/c1-3-7-11-8-5-6-10-12(11)9-4-2;1-2/h5-6,8,10H,3-4,7,9H2,1-2H3;/q+1;-1. The zero-order valence-corrected chi connectivity index (χ0v) is 9.03. The van der Waals surface area contributed by atoms with Crippen LogP contribution in [0.3, 0.4) is 0 Å². The third-order valence-electron chi connectivity index (χ3n) is 2.01. The predicted octanol–water partition coefficient (Wildman–Crippen LogP) is 2.43. The zero-order valence-electron chi connectivity index (χ0n) is 9.03. The van der Waals surface area contributed by atoms with Crippen molar-refractivity contribution in [2.45, 2.75) is 39.7 Å². The van der Waals surface area contributed by atoms with Crippen LogP contribution in [0.1, 0.15) is 32.4 Å². The summed E-state index contributed by atoms with van der Waals surface area (Å²) in [5.74, 6) is 0. The summed E-state index contributed by atoms with van der Waals surface area (Å²) in [4.78, 5) is 0. The number of nitrogens with zero attached hydrogens (tertiary/aromatic N) is 2. The van der Waals surface area contributed by atoms with Gasteiger partial charge in [-0.3, -0.25) is 0 Å². The number of pyridine rings is 1. The Balaban J connectivity index is 0.000000791. The van der Waals surface area contributed by atoms with Gasteiger partial charge in [0.1, 0.15) is 6.54 Å². The molecule has 0 spiro atoms. The summed E-state index contributed by atoms with van der Waals surface area (Å²) in [5.41, 5.74) is 1.46. The van der Waals surface area contributed by atoms with Gasteiger partial charge in [-0.15, -0.1) is 0 Å². The molecule has 0 unspecified atom stereocenters. The Morgan fingerprint density at radius 2 is 1.93 bits per heavy atom. The SMILES string of the molecule is CCCc1cccc[n+]1CCC.[C-]#N. The first kappa shape index (κ1) is 12.6. The molecular formula is C12H18N2. The number of aryl methyl sites for hydroxylation is 2. The molecule has 1 aromatic heterocycles. The number of hydrogen-bond acceptors (Lipinski definition) is 1. The van der Waals surface area contributed by atoms with E-state index in [0.717, 1.165) is 6.54 Å². The van der Waals surface area contributed by atoms with Crippen molar-refractivity contribution in [3.8, 4) is 0 Å². The first-order chi connectivity index (χ1) is 6.88. The maximum atomic E-state index is 6.25. The van der Waals surface area contributed by atoms with E-state index < -0.39 is 0 Å². The summed E-state index contributed by atoms with van der Waals surface area (Å²) in [6.07, 6.45) is 5.81. The second kappa shape index (κ2) is 8.25. The van der Waals surface area contributed by atoms with Crippen molar-refractivity contribution in [1.82, 2.24) is 0 Å². The van der Waals surface area contributed by atoms with Gasteiger partial charge in [0.25, 0.3) is 0 Å². The fraction of sp³-hybridized carbons (Fsp3) is 0.500. The van der Waals surface area contributed by atoms with Crippen LogP contribution in [-0.4, -0.2) is 0 Å². The highest BCUT2D eigenvalue weighted by Gasteiger charge is 2.05. The predicted molar refractivity (Wildman–Crippen MR) is 55.9 cm³/mol. The first-order valence-corrected chi connectivity index (χ1v) is 5.08. The van der Waals surface area contributed by atoms with Crippen LogP contribution in [0.2, 0.25) is 0 Å². The molecule has 0 atom stereocenters. The zero-order chi connectivity index (χ0) is 10.8. The summed E-state index contributed by atoms with van der Waals surface area (Å²) in [6, 6.07) is 6.45. The molecule has 0 aliphatic heterocycles. The van der Waals surface area contributed by atoms with Crippen molar-refractivity contribution in [2.75, 3.05) is 0 Å². The molecule has 0 aliphatic rings. The van der Waals surface area contributed by atoms with E-state index in [1.165, 1.54) is 25.0 Å². The molecule has 1 rings (SSSR count). The van der Waals surface area contributed by atoms with Crippen molar-refractivity contribution in [2.24, 2.45) is 0 Å². The fourth-order valence-corrected chi connectivity index (χ4v) is 1.45. The van der Waals surface area contributed by atoms with Gasteiger partial charge in [0.15, 0.2) is 11.9 Å². The molecule has 0 aliphatic carbocycles. The highest BCUT2D eigenvalue weighted by molar-refractivity contribution is 4.96. The third kappa shape index (κ3) is 4.04. The normalized spacial score (nSPS) is 8.86. The van der Waals surface area contributed by atoms with Crippen molar-refractivity contribution in [3.63, 3.8) is 0 Å². The van der Waals surface area contributed by atoms with Gasteiger partial charge < -0.3 is 11.8 Å². The van der Waals surface area contributed by atoms with Gasteiger partial charge in [-0.1, -0.05) is 19.9 Å². The molecule has 14 heavy (non-hydrogen) atoms. The highest BCUT2D eigenvalue weighted by Crippen LogP contribution is 1.96. The lowest BCUT2D eigenvalue weighted by molar-refractivity contribution is -0.704. The lowest BCUT2D eigenvalue weighted by Crippen LogP contribution is -2.37. The Bertz CT molecular complexity index is 241. The van der Waals surface area contributed by atoms with Crippen molar-refractivity contribution >= 4 is 0 Å². The Kier molecular flexibility index (Phi) is 7.45. The van der Waals surface area contributed by atoms with Crippen LogP contribution < -0.4 is 4.57 Å². The van der Waals surface area contributed by atoms with E-state index in [-0.39, 0.29) is 0 Å². The van der Waals surface area contributed by atoms with Crippen LogP contribution in [0.4, 0.5) is 0 Å². The summed E-state index contributed by atoms with van der Waals surface area (Å²) in [6.45, 7) is 10.3. The summed E-state index contributed by atoms with van der Waals surface area (Å²) in [5, 5.41) is 6.25. The van der Waals surface area contributed by atoms with Crippen molar-refractivity contribution in [3.05, 3.63) is 36.7 Å². The van der Waals surface area contributed by atoms with E-state index in [2.05, 4.69) is 42.8 Å². The van der Waals surface area contributed by atoms with Gasteiger partial charge in [0, 0.05) is 25.0 Å². The summed E-state index contributed by atoms with van der Waals surface area (Å²) in [7, 11) is 0. The molecule has 76 valence electrons. The van der Waals surface area contributed by atoms with Gasteiger partial charge in [-0.2, -0.15) is 0 Å². The van der Waals surface area contributed by atoms with E-state index in [1.54, 1.807) is 0 Å². The molecule has 1 aromatic rings. The van der Waals surface area contributed by atoms with E-state index in [0.29, 0.717) is 0 Å². The third-order valence-corrected chi connectivity index (χ3v) is 2.01.